The smallest absolute Gasteiger partial charge is 0.0480 e. The second kappa shape index (κ2) is 7.13. The summed E-state index contributed by atoms with van der Waals surface area (Å²) in [6.07, 6.45) is 1.13. The lowest BCUT2D eigenvalue weighted by molar-refractivity contribution is 0.418. The van der Waals surface area contributed by atoms with Gasteiger partial charge in [-0.05, 0) is 58.3 Å². The van der Waals surface area contributed by atoms with E-state index in [-0.39, 0.29) is 5.54 Å². The summed E-state index contributed by atoms with van der Waals surface area (Å²) in [6, 6.07) is 6.17. The van der Waals surface area contributed by atoms with Crippen molar-refractivity contribution < 1.29 is 0 Å². The highest BCUT2D eigenvalue weighted by Crippen LogP contribution is 2.19. The van der Waals surface area contributed by atoms with Crippen LogP contribution < -0.4 is 10.6 Å². The molecule has 1 aromatic carbocycles. The molecule has 0 bridgehead atoms. The fourth-order valence-corrected chi connectivity index (χ4v) is 1.94. The van der Waals surface area contributed by atoms with Gasteiger partial charge in [0.15, 0.2) is 0 Å². The molecule has 0 fully saturated rings. The number of nitrogens with one attached hydrogen (secondary N) is 2. The largest absolute Gasteiger partial charge is 0.313 e. The van der Waals surface area contributed by atoms with E-state index < -0.39 is 0 Å². The zero-order chi connectivity index (χ0) is 13.6. The third-order valence-electron chi connectivity index (χ3n) is 2.77. The van der Waals surface area contributed by atoms with Crippen LogP contribution in [0.25, 0.3) is 0 Å². The van der Waals surface area contributed by atoms with Crippen molar-refractivity contribution in [2.45, 2.75) is 46.2 Å². The number of hydrogen-bond acceptors (Lipinski definition) is 2. The van der Waals surface area contributed by atoms with Crippen molar-refractivity contribution in [2.75, 3.05) is 13.1 Å². The highest BCUT2D eigenvalue weighted by Gasteiger charge is 2.07. The molecule has 0 aromatic heterocycles. The maximum atomic E-state index is 6.24. The third-order valence-corrected chi connectivity index (χ3v) is 3.31. The standard InChI is InChI=1S/C15H25ClN2/c1-12-7-5-8-13(14(12)16)11-17-9-6-10-18-15(2,3)4/h5,7-8,17-18H,6,9-11H2,1-4H3. The Morgan fingerprint density at radius 2 is 1.89 bits per heavy atom. The predicted molar refractivity (Wildman–Crippen MR) is 80.3 cm³/mol. The molecule has 1 rings (SSSR count). The molecule has 18 heavy (non-hydrogen) atoms. The monoisotopic (exact) mass is 268 g/mol. The summed E-state index contributed by atoms with van der Waals surface area (Å²) in [5, 5.41) is 7.79. The van der Waals surface area contributed by atoms with Crippen LogP contribution in [0.5, 0.6) is 0 Å². The average Bonchev–Trinajstić information content (AvgIpc) is 2.27. The van der Waals surface area contributed by atoms with Crippen LogP contribution in [0.2, 0.25) is 5.02 Å². The first-order chi connectivity index (χ1) is 8.40. The van der Waals surface area contributed by atoms with Crippen LogP contribution in [0.15, 0.2) is 18.2 Å². The number of rotatable bonds is 6. The van der Waals surface area contributed by atoms with Gasteiger partial charge in [0.1, 0.15) is 0 Å². The molecule has 0 heterocycles. The van der Waals surface area contributed by atoms with Gasteiger partial charge in [-0.1, -0.05) is 29.8 Å². The molecule has 0 spiro atoms. The van der Waals surface area contributed by atoms with Crippen molar-refractivity contribution in [3.63, 3.8) is 0 Å². The van der Waals surface area contributed by atoms with Gasteiger partial charge in [0, 0.05) is 17.1 Å². The molecule has 0 aliphatic heterocycles. The van der Waals surface area contributed by atoms with Gasteiger partial charge in [-0.2, -0.15) is 0 Å². The van der Waals surface area contributed by atoms with Gasteiger partial charge in [0.05, 0.1) is 0 Å². The summed E-state index contributed by atoms with van der Waals surface area (Å²) in [7, 11) is 0. The molecule has 0 saturated carbocycles. The number of hydrogen-bond donors (Lipinski definition) is 2. The Hall–Kier alpha value is -0.570. The van der Waals surface area contributed by atoms with Crippen molar-refractivity contribution in [1.29, 1.82) is 0 Å². The maximum absolute atomic E-state index is 6.24. The van der Waals surface area contributed by atoms with Crippen LogP contribution in [0, 0.1) is 6.92 Å². The molecule has 2 N–H and O–H groups in total. The quantitative estimate of drug-likeness (QED) is 0.772. The van der Waals surface area contributed by atoms with Crippen LogP contribution in [0.3, 0.4) is 0 Å². The SMILES string of the molecule is Cc1cccc(CNCCCNC(C)(C)C)c1Cl. The van der Waals surface area contributed by atoms with Crippen molar-refractivity contribution in [3.05, 3.63) is 34.3 Å². The summed E-state index contributed by atoms with van der Waals surface area (Å²) in [4.78, 5) is 0. The highest BCUT2D eigenvalue weighted by molar-refractivity contribution is 6.32. The second-order valence-electron chi connectivity index (χ2n) is 5.76. The van der Waals surface area contributed by atoms with E-state index in [9.17, 15) is 0 Å². The van der Waals surface area contributed by atoms with E-state index in [2.05, 4.69) is 43.5 Å². The van der Waals surface area contributed by atoms with E-state index in [1.165, 1.54) is 5.56 Å². The molecule has 0 amide bonds. The molecule has 2 nitrogen and oxygen atoms in total. The maximum Gasteiger partial charge on any atom is 0.0480 e. The first-order valence-corrected chi connectivity index (χ1v) is 6.98. The fourth-order valence-electron chi connectivity index (χ4n) is 1.74. The summed E-state index contributed by atoms with van der Waals surface area (Å²) < 4.78 is 0. The molecule has 1 aromatic rings. The van der Waals surface area contributed by atoms with Crippen LogP contribution in [0.4, 0.5) is 0 Å². The Morgan fingerprint density at radius 3 is 2.56 bits per heavy atom. The van der Waals surface area contributed by atoms with Gasteiger partial charge in [-0.25, -0.2) is 0 Å². The van der Waals surface area contributed by atoms with E-state index in [0.29, 0.717) is 0 Å². The van der Waals surface area contributed by atoms with Gasteiger partial charge in [0.2, 0.25) is 0 Å². The zero-order valence-electron chi connectivity index (χ0n) is 11.9. The molecule has 0 radical (unpaired) electrons. The normalized spacial score (nSPS) is 11.8. The van der Waals surface area contributed by atoms with E-state index in [1.807, 2.05) is 13.0 Å². The van der Waals surface area contributed by atoms with Crippen molar-refractivity contribution in [2.24, 2.45) is 0 Å². The van der Waals surface area contributed by atoms with Gasteiger partial charge >= 0.3 is 0 Å². The predicted octanol–water partition coefficient (Wildman–Crippen LogP) is 3.52. The minimum atomic E-state index is 0.208. The first kappa shape index (κ1) is 15.5. The van der Waals surface area contributed by atoms with Gasteiger partial charge in [0.25, 0.3) is 0 Å². The molecule has 0 unspecified atom stereocenters. The Kier molecular flexibility index (Phi) is 6.13. The summed E-state index contributed by atoms with van der Waals surface area (Å²) >= 11 is 6.24. The Bertz CT molecular complexity index is 369. The summed E-state index contributed by atoms with van der Waals surface area (Å²) in [5.41, 5.74) is 2.53. The van der Waals surface area contributed by atoms with E-state index in [4.69, 9.17) is 11.6 Å². The van der Waals surface area contributed by atoms with Crippen LogP contribution in [0.1, 0.15) is 38.3 Å². The van der Waals surface area contributed by atoms with E-state index in [1.54, 1.807) is 0 Å². The lowest BCUT2D eigenvalue weighted by atomic mass is 10.1. The Morgan fingerprint density at radius 1 is 1.17 bits per heavy atom. The van der Waals surface area contributed by atoms with Gasteiger partial charge < -0.3 is 10.6 Å². The molecule has 0 aliphatic rings. The van der Waals surface area contributed by atoms with Gasteiger partial charge in [-0.15, -0.1) is 0 Å². The summed E-state index contributed by atoms with van der Waals surface area (Å²) in [6.45, 7) is 11.5. The lowest BCUT2D eigenvalue weighted by Crippen LogP contribution is -2.37. The molecule has 0 aliphatic carbocycles. The first-order valence-electron chi connectivity index (χ1n) is 6.60. The van der Waals surface area contributed by atoms with Gasteiger partial charge in [-0.3, -0.25) is 0 Å². The van der Waals surface area contributed by atoms with Crippen molar-refractivity contribution in [1.82, 2.24) is 10.6 Å². The van der Waals surface area contributed by atoms with E-state index >= 15 is 0 Å². The number of halogens is 1. The minimum Gasteiger partial charge on any atom is -0.313 e. The second-order valence-corrected chi connectivity index (χ2v) is 6.13. The van der Waals surface area contributed by atoms with Crippen LogP contribution in [-0.2, 0) is 6.54 Å². The molecule has 102 valence electrons. The lowest BCUT2D eigenvalue weighted by Gasteiger charge is -2.20. The Balaban J connectivity index is 2.20. The van der Waals surface area contributed by atoms with Crippen LogP contribution in [-0.4, -0.2) is 18.6 Å². The molecule has 0 atom stereocenters. The Labute approximate surface area is 116 Å². The average molecular weight is 269 g/mol. The fraction of sp³-hybridized carbons (Fsp3) is 0.600. The van der Waals surface area contributed by atoms with Crippen LogP contribution >= 0.6 is 11.6 Å². The molecular weight excluding hydrogens is 244 g/mol. The minimum absolute atomic E-state index is 0.208. The number of aryl methyl sites for hydroxylation is 1. The topological polar surface area (TPSA) is 24.1 Å². The van der Waals surface area contributed by atoms with Crippen molar-refractivity contribution >= 4 is 11.6 Å². The zero-order valence-corrected chi connectivity index (χ0v) is 12.7. The summed E-state index contributed by atoms with van der Waals surface area (Å²) in [5.74, 6) is 0. The number of benzene rings is 1. The molecular formula is C15H25ClN2. The third kappa shape index (κ3) is 5.85. The molecule has 3 heteroatoms. The van der Waals surface area contributed by atoms with E-state index in [0.717, 1.165) is 36.6 Å². The highest BCUT2D eigenvalue weighted by atomic mass is 35.5. The van der Waals surface area contributed by atoms with Crippen molar-refractivity contribution in [3.8, 4) is 0 Å². The molecule has 0 saturated heterocycles.